The molecule has 0 radical (unpaired) electrons. The Balaban J connectivity index is 1.61. The van der Waals surface area contributed by atoms with Gasteiger partial charge in [0, 0.05) is 18.5 Å². The summed E-state index contributed by atoms with van der Waals surface area (Å²) in [7, 11) is 0. The van der Waals surface area contributed by atoms with Crippen molar-refractivity contribution in [1.29, 1.82) is 0 Å². The number of amides is 1. The highest BCUT2D eigenvalue weighted by atomic mass is 16.5. The highest BCUT2D eigenvalue weighted by Gasteiger charge is 2.32. The normalized spacial score (nSPS) is 17.1. The smallest absolute Gasteiger partial charge is 0.269 e. The molecule has 1 aliphatic rings. The molecule has 1 saturated heterocycles. The molecule has 0 saturated carbocycles. The summed E-state index contributed by atoms with van der Waals surface area (Å²) in [5.41, 5.74) is 1.87. The largest absolute Gasteiger partial charge is 0.361 e. The standard InChI is InChI=1S/C20H22N4O3/c1-13(2)18-10-15(22-27-18)17-8-5-9-23(17)20(26)12-24-16-7-4-3-6-14(16)21-11-19(24)25/h3-4,6-7,10-11,13,17H,5,8-9,12H2,1-2H3/t17-/m1/s1. The summed E-state index contributed by atoms with van der Waals surface area (Å²) in [5, 5.41) is 4.18. The predicted octanol–water partition coefficient (Wildman–Crippen LogP) is 2.87. The molecule has 0 spiro atoms. The summed E-state index contributed by atoms with van der Waals surface area (Å²) in [6.45, 7) is 4.74. The number of carbonyl (C=O) groups excluding carboxylic acids is 1. The molecule has 0 aliphatic carbocycles. The fourth-order valence-electron chi connectivity index (χ4n) is 3.61. The van der Waals surface area contributed by atoms with E-state index in [0.717, 1.165) is 24.3 Å². The number of benzene rings is 1. The zero-order valence-electron chi connectivity index (χ0n) is 15.5. The first kappa shape index (κ1) is 17.5. The Morgan fingerprint density at radius 3 is 2.93 bits per heavy atom. The minimum absolute atomic E-state index is 0.00669. The van der Waals surface area contributed by atoms with Crippen LogP contribution in [0.25, 0.3) is 11.0 Å². The molecule has 1 atom stereocenters. The summed E-state index contributed by atoms with van der Waals surface area (Å²) in [4.78, 5) is 31.3. The van der Waals surface area contributed by atoms with E-state index >= 15 is 0 Å². The van der Waals surface area contributed by atoms with E-state index < -0.39 is 0 Å². The second-order valence-electron chi connectivity index (χ2n) is 7.23. The maximum Gasteiger partial charge on any atom is 0.269 e. The molecule has 1 fully saturated rings. The van der Waals surface area contributed by atoms with E-state index in [1.54, 1.807) is 0 Å². The first-order valence-electron chi connectivity index (χ1n) is 9.25. The maximum atomic E-state index is 13.0. The van der Waals surface area contributed by atoms with Crippen LogP contribution in [0.15, 0.2) is 45.8 Å². The van der Waals surface area contributed by atoms with Crippen molar-refractivity contribution < 1.29 is 9.32 Å². The second-order valence-corrected chi connectivity index (χ2v) is 7.23. The number of rotatable bonds is 4. The van der Waals surface area contributed by atoms with Gasteiger partial charge in [-0.25, -0.2) is 4.98 Å². The summed E-state index contributed by atoms with van der Waals surface area (Å²) in [5.74, 6) is 0.976. The molecule has 0 unspecified atom stereocenters. The molecule has 27 heavy (non-hydrogen) atoms. The van der Waals surface area contributed by atoms with Gasteiger partial charge in [-0.2, -0.15) is 0 Å². The topological polar surface area (TPSA) is 81.2 Å². The first-order chi connectivity index (χ1) is 13.0. The van der Waals surface area contributed by atoms with E-state index in [9.17, 15) is 9.59 Å². The van der Waals surface area contributed by atoms with Gasteiger partial charge >= 0.3 is 0 Å². The van der Waals surface area contributed by atoms with E-state index in [1.807, 2.05) is 49.1 Å². The summed E-state index contributed by atoms with van der Waals surface area (Å²) < 4.78 is 6.90. The number of aromatic nitrogens is 3. The quantitative estimate of drug-likeness (QED) is 0.709. The second kappa shape index (κ2) is 6.98. The molecule has 1 aliphatic heterocycles. The Hall–Kier alpha value is -2.96. The first-order valence-corrected chi connectivity index (χ1v) is 9.25. The van der Waals surface area contributed by atoms with Crippen LogP contribution in [0.3, 0.4) is 0 Å². The van der Waals surface area contributed by atoms with Crippen LogP contribution in [0.4, 0.5) is 0 Å². The van der Waals surface area contributed by atoms with Crippen molar-refractivity contribution in [2.45, 2.75) is 45.2 Å². The Morgan fingerprint density at radius 1 is 1.33 bits per heavy atom. The van der Waals surface area contributed by atoms with Gasteiger partial charge in [0.25, 0.3) is 5.56 Å². The van der Waals surface area contributed by atoms with Crippen LogP contribution >= 0.6 is 0 Å². The van der Waals surface area contributed by atoms with E-state index in [4.69, 9.17) is 4.52 Å². The molecule has 3 aromatic rings. The molecule has 0 bridgehead atoms. The highest BCUT2D eigenvalue weighted by Crippen LogP contribution is 2.32. The SMILES string of the molecule is CC(C)c1cc([C@H]2CCCN2C(=O)Cn2c(=O)cnc3ccccc32)no1. The third-order valence-corrected chi connectivity index (χ3v) is 5.08. The average Bonchev–Trinajstić information content (AvgIpc) is 3.33. The Morgan fingerprint density at radius 2 is 2.15 bits per heavy atom. The fourth-order valence-corrected chi connectivity index (χ4v) is 3.61. The van der Waals surface area contributed by atoms with E-state index in [0.29, 0.717) is 17.6 Å². The van der Waals surface area contributed by atoms with Crippen LogP contribution < -0.4 is 5.56 Å². The van der Waals surface area contributed by atoms with Crippen LogP contribution in [0.5, 0.6) is 0 Å². The van der Waals surface area contributed by atoms with Gasteiger partial charge in [0.15, 0.2) is 0 Å². The van der Waals surface area contributed by atoms with Gasteiger partial charge in [-0.3, -0.25) is 14.2 Å². The van der Waals surface area contributed by atoms with E-state index in [-0.39, 0.29) is 30.0 Å². The lowest BCUT2D eigenvalue weighted by Crippen LogP contribution is -2.36. The number of likely N-dealkylation sites (tertiary alicyclic amines) is 1. The minimum Gasteiger partial charge on any atom is -0.361 e. The number of hydrogen-bond donors (Lipinski definition) is 0. The van der Waals surface area contributed by atoms with Crippen LogP contribution in [0.2, 0.25) is 0 Å². The van der Waals surface area contributed by atoms with E-state index in [1.165, 1.54) is 10.8 Å². The van der Waals surface area contributed by atoms with Crippen molar-refractivity contribution in [2.75, 3.05) is 6.54 Å². The Bertz CT molecular complexity index is 1040. The van der Waals surface area contributed by atoms with Crippen molar-refractivity contribution in [1.82, 2.24) is 19.6 Å². The molecule has 7 nitrogen and oxygen atoms in total. The van der Waals surface area contributed by atoms with Crippen molar-refractivity contribution in [3.63, 3.8) is 0 Å². The molecular formula is C20H22N4O3. The van der Waals surface area contributed by atoms with Gasteiger partial charge in [0.1, 0.15) is 18.0 Å². The third-order valence-electron chi connectivity index (χ3n) is 5.08. The molecule has 1 amide bonds. The highest BCUT2D eigenvalue weighted by molar-refractivity contribution is 5.80. The molecule has 3 heterocycles. The van der Waals surface area contributed by atoms with Crippen molar-refractivity contribution in [3.8, 4) is 0 Å². The van der Waals surface area contributed by atoms with Crippen LogP contribution in [0, 0.1) is 0 Å². The molecule has 2 aromatic heterocycles. The molecule has 4 rings (SSSR count). The van der Waals surface area contributed by atoms with Gasteiger partial charge < -0.3 is 9.42 Å². The van der Waals surface area contributed by atoms with Crippen LogP contribution in [-0.4, -0.2) is 32.1 Å². The van der Waals surface area contributed by atoms with Crippen LogP contribution in [-0.2, 0) is 11.3 Å². The predicted molar refractivity (Wildman–Crippen MR) is 100 cm³/mol. The summed E-state index contributed by atoms with van der Waals surface area (Å²) in [6, 6.07) is 9.18. The summed E-state index contributed by atoms with van der Waals surface area (Å²) >= 11 is 0. The third kappa shape index (κ3) is 3.25. The van der Waals surface area contributed by atoms with Gasteiger partial charge in [-0.15, -0.1) is 0 Å². The molecule has 1 aromatic carbocycles. The van der Waals surface area contributed by atoms with Gasteiger partial charge in [0.05, 0.1) is 23.3 Å². The van der Waals surface area contributed by atoms with Gasteiger partial charge in [-0.05, 0) is 25.0 Å². The fraction of sp³-hybridized carbons (Fsp3) is 0.400. The maximum absolute atomic E-state index is 13.0. The number of hydrogen-bond acceptors (Lipinski definition) is 5. The lowest BCUT2D eigenvalue weighted by Gasteiger charge is -2.23. The molecule has 140 valence electrons. The van der Waals surface area contributed by atoms with Gasteiger partial charge in [-0.1, -0.05) is 31.1 Å². The van der Waals surface area contributed by atoms with Crippen molar-refractivity contribution in [3.05, 3.63) is 58.3 Å². The van der Waals surface area contributed by atoms with Crippen molar-refractivity contribution in [2.24, 2.45) is 0 Å². The monoisotopic (exact) mass is 366 g/mol. The van der Waals surface area contributed by atoms with Gasteiger partial charge in [0.2, 0.25) is 5.91 Å². The number of fused-ring (bicyclic) bond motifs is 1. The molecule has 0 N–H and O–H groups in total. The minimum atomic E-state index is -0.277. The summed E-state index contributed by atoms with van der Waals surface area (Å²) in [6.07, 6.45) is 3.03. The Labute approximate surface area is 156 Å². The molecule has 7 heteroatoms. The molecular weight excluding hydrogens is 344 g/mol. The lowest BCUT2D eigenvalue weighted by molar-refractivity contribution is -0.132. The number of nitrogens with zero attached hydrogens (tertiary/aromatic N) is 4. The van der Waals surface area contributed by atoms with Crippen LogP contribution in [0.1, 0.15) is 50.1 Å². The zero-order valence-corrected chi connectivity index (χ0v) is 15.5. The number of para-hydroxylation sites is 2. The Kier molecular flexibility index (Phi) is 4.51. The zero-order chi connectivity index (χ0) is 19.0. The average molecular weight is 366 g/mol. The number of carbonyl (C=O) groups is 1. The van der Waals surface area contributed by atoms with E-state index in [2.05, 4.69) is 10.1 Å². The lowest BCUT2D eigenvalue weighted by atomic mass is 10.1. The van der Waals surface area contributed by atoms with Crippen molar-refractivity contribution >= 4 is 16.9 Å².